The summed E-state index contributed by atoms with van der Waals surface area (Å²) in [6.45, 7) is 0.615. The molecule has 1 fully saturated rings. The van der Waals surface area contributed by atoms with Crippen molar-refractivity contribution < 1.29 is 4.74 Å². The Bertz CT molecular complexity index is 362. The van der Waals surface area contributed by atoms with Gasteiger partial charge in [0, 0.05) is 18.0 Å². The van der Waals surface area contributed by atoms with Gasteiger partial charge in [-0.2, -0.15) is 4.98 Å². The van der Waals surface area contributed by atoms with Crippen LogP contribution in [0.2, 0.25) is 0 Å². The maximum absolute atomic E-state index is 5.58. The maximum Gasteiger partial charge on any atom is 0.316 e. The number of methoxy groups -OCH3 is 1. The molecule has 1 aliphatic carbocycles. The molecular weight excluding hydrogens is 214 g/mol. The van der Waals surface area contributed by atoms with Crippen molar-refractivity contribution in [3.8, 4) is 6.01 Å². The average molecular weight is 235 g/mol. The lowest BCUT2D eigenvalue weighted by molar-refractivity contribution is 0.369. The van der Waals surface area contributed by atoms with Gasteiger partial charge in [-0.3, -0.25) is 0 Å². The van der Waals surface area contributed by atoms with Gasteiger partial charge < -0.3 is 10.5 Å². The van der Waals surface area contributed by atoms with Gasteiger partial charge in [0.25, 0.3) is 0 Å². The monoisotopic (exact) mass is 235 g/mol. The molecule has 2 N–H and O–H groups in total. The Balaban J connectivity index is 2.21. The van der Waals surface area contributed by atoms with Crippen LogP contribution in [0.1, 0.15) is 49.4 Å². The van der Waals surface area contributed by atoms with Gasteiger partial charge in [-0.25, -0.2) is 4.98 Å². The standard InChI is InChI=1S/C13H21N3O/c1-17-13-15-11(7-8-14)9-12(16-13)10-5-3-2-4-6-10/h9-10H,2-8,14H2,1H3. The van der Waals surface area contributed by atoms with E-state index in [9.17, 15) is 0 Å². The summed E-state index contributed by atoms with van der Waals surface area (Å²) >= 11 is 0. The van der Waals surface area contributed by atoms with Crippen molar-refractivity contribution in [3.05, 3.63) is 17.5 Å². The predicted molar refractivity (Wildman–Crippen MR) is 67.2 cm³/mol. The lowest BCUT2D eigenvalue weighted by Crippen LogP contribution is -2.11. The molecule has 0 unspecified atom stereocenters. The summed E-state index contributed by atoms with van der Waals surface area (Å²) < 4.78 is 5.17. The summed E-state index contributed by atoms with van der Waals surface area (Å²) in [6.07, 6.45) is 7.24. The van der Waals surface area contributed by atoms with Crippen LogP contribution >= 0.6 is 0 Å². The van der Waals surface area contributed by atoms with E-state index in [0.717, 1.165) is 17.8 Å². The molecule has 0 saturated heterocycles. The van der Waals surface area contributed by atoms with Crippen LogP contribution in [0.5, 0.6) is 6.01 Å². The van der Waals surface area contributed by atoms with Crippen LogP contribution in [0.3, 0.4) is 0 Å². The van der Waals surface area contributed by atoms with Gasteiger partial charge in [-0.1, -0.05) is 19.3 Å². The van der Waals surface area contributed by atoms with E-state index in [0.29, 0.717) is 18.5 Å². The molecule has 0 amide bonds. The van der Waals surface area contributed by atoms with Gasteiger partial charge >= 0.3 is 6.01 Å². The van der Waals surface area contributed by atoms with Crippen LogP contribution < -0.4 is 10.5 Å². The molecule has 4 nitrogen and oxygen atoms in total. The molecule has 1 aromatic heterocycles. The molecule has 0 spiro atoms. The Morgan fingerprint density at radius 1 is 1.29 bits per heavy atom. The van der Waals surface area contributed by atoms with Crippen LogP contribution in [0.15, 0.2) is 6.07 Å². The summed E-state index contributed by atoms with van der Waals surface area (Å²) in [6, 6.07) is 2.59. The molecule has 1 saturated carbocycles. The van der Waals surface area contributed by atoms with Gasteiger partial charge in [-0.15, -0.1) is 0 Å². The number of ether oxygens (including phenoxy) is 1. The quantitative estimate of drug-likeness (QED) is 0.867. The molecule has 0 aromatic carbocycles. The third-order valence-corrected chi connectivity index (χ3v) is 3.38. The fraction of sp³-hybridized carbons (Fsp3) is 0.692. The smallest absolute Gasteiger partial charge is 0.316 e. The number of nitrogens with two attached hydrogens (primary N) is 1. The zero-order valence-electron chi connectivity index (χ0n) is 10.5. The highest BCUT2D eigenvalue weighted by atomic mass is 16.5. The van der Waals surface area contributed by atoms with Gasteiger partial charge in [0.15, 0.2) is 0 Å². The first-order valence-electron chi connectivity index (χ1n) is 6.45. The van der Waals surface area contributed by atoms with Crippen molar-refractivity contribution in [1.82, 2.24) is 9.97 Å². The molecular formula is C13H21N3O. The number of hydrogen-bond donors (Lipinski definition) is 1. The summed E-state index contributed by atoms with van der Waals surface area (Å²) in [7, 11) is 1.62. The predicted octanol–water partition coefficient (Wildman–Crippen LogP) is 2.03. The Labute approximate surface area is 103 Å². The summed E-state index contributed by atoms with van der Waals surface area (Å²) in [5.74, 6) is 0.581. The number of rotatable bonds is 4. The molecule has 94 valence electrons. The van der Waals surface area contributed by atoms with E-state index in [4.69, 9.17) is 10.5 Å². The van der Waals surface area contributed by atoms with E-state index < -0.39 is 0 Å². The van der Waals surface area contributed by atoms with E-state index in [1.807, 2.05) is 0 Å². The molecule has 0 atom stereocenters. The molecule has 2 rings (SSSR count). The van der Waals surface area contributed by atoms with Gasteiger partial charge in [0.2, 0.25) is 0 Å². The summed E-state index contributed by atoms with van der Waals surface area (Å²) in [5.41, 5.74) is 7.72. The highest BCUT2D eigenvalue weighted by molar-refractivity contribution is 5.18. The Morgan fingerprint density at radius 2 is 2.06 bits per heavy atom. The second-order valence-corrected chi connectivity index (χ2v) is 4.64. The zero-order valence-corrected chi connectivity index (χ0v) is 10.5. The van der Waals surface area contributed by atoms with Crippen molar-refractivity contribution >= 4 is 0 Å². The molecule has 4 heteroatoms. The van der Waals surface area contributed by atoms with Crippen molar-refractivity contribution in [2.75, 3.05) is 13.7 Å². The van der Waals surface area contributed by atoms with E-state index in [1.54, 1.807) is 7.11 Å². The average Bonchev–Trinajstić information content (AvgIpc) is 2.40. The first kappa shape index (κ1) is 12.3. The summed E-state index contributed by atoms with van der Waals surface area (Å²) in [5, 5.41) is 0. The van der Waals surface area contributed by atoms with Crippen LogP contribution in [0.4, 0.5) is 0 Å². The highest BCUT2D eigenvalue weighted by Crippen LogP contribution is 2.32. The van der Waals surface area contributed by atoms with Crippen molar-refractivity contribution in [2.24, 2.45) is 5.73 Å². The zero-order chi connectivity index (χ0) is 12.1. The number of aromatic nitrogens is 2. The third kappa shape index (κ3) is 3.16. The minimum absolute atomic E-state index is 0.483. The topological polar surface area (TPSA) is 61.0 Å². The van der Waals surface area contributed by atoms with Crippen LogP contribution in [-0.2, 0) is 6.42 Å². The molecule has 0 radical (unpaired) electrons. The third-order valence-electron chi connectivity index (χ3n) is 3.38. The fourth-order valence-electron chi connectivity index (χ4n) is 2.47. The van der Waals surface area contributed by atoms with Crippen LogP contribution in [0, 0.1) is 0 Å². The maximum atomic E-state index is 5.58. The van der Waals surface area contributed by atoms with Crippen molar-refractivity contribution in [3.63, 3.8) is 0 Å². The molecule has 1 heterocycles. The summed E-state index contributed by atoms with van der Waals surface area (Å²) in [4.78, 5) is 8.81. The van der Waals surface area contributed by atoms with Crippen molar-refractivity contribution in [2.45, 2.75) is 44.4 Å². The molecule has 17 heavy (non-hydrogen) atoms. The Kier molecular flexibility index (Phi) is 4.31. The van der Waals surface area contributed by atoms with E-state index in [2.05, 4.69) is 16.0 Å². The largest absolute Gasteiger partial charge is 0.467 e. The number of hydrogen-bond acceptors (Lipinski definition) is 4. The van der Waals surface area contributed by atoms with E-state index >= 15 is 0 Å². The van der Waals surface area contributed by atoms with Crippen molar-refractivity contribution in [1.29, 1.82) is 0 Å². The molecule has 0 bridgehead atoms. The lowest BCUT2D eigenvalue weighted by Gasteiger charge is -2.21. The molecule has 1 aliphatic rings. The van der Waals surface area contributed by atoms with E-state index in [-0.39, 0.29) is 0 Å². The number of nitrogens with zero attached hydrogens (tertiary/aromatic N) is 2. The van der Waals surface area contributed by atoms with Crippen LogP contribution in [0.25, 0.3) is 0 Å². The molecule has 0 aliphatic heterocycles. The fourth-order valence-corrected chi connectivity index (χ4v) is 2.47. The van der Waals surface area contributed by atoms with Gasteiger partial charge in [0.1, 0.15) is 0 Å². The normalized spacial score (nSPS) is 17.1. The lowest BCUT2D eigenvalue weighted by atomic mass is 9.86. The Hall–Kier alpha value is -1.16. The second kappa shape index (κ2) is 5.96. The minimum atomic E-state index is 0.483. The molecule has 1 aromatic rings. The Morgan fingerprint density at radius 3 is 2.71 bits per heavy atom. The van der Waals surface area contributed by atoms with Crippen LogP contribution in [-0.4, -0.2) is 23.6 Å². The first-order chi connectivity index (χ1) is 8.33. The minimum Gasteiger partial charge on any atom is -0.467 e. The van der Waals surface area contributed by atoms with Gasteiger partial charge in [-0.05, 0) is 25.5 Å². The SMILES string of the molecule is COc1nc(CCN)cc(C2CCCCC2)n1. The van der Waals surface area contributed by atoms with Gasteiger partial charge in [0.05, 0.1) is 12.8 Å². The first-order valence-corrected chi connectivity index (χ1v) is 6.45. The second-order valence-electron chi connectivity index (χ2n) is 4.64. The van der Waals surface area contributed by atoms with E-state index in [1.165, 1.54) is 32.1 Å². The highest BCUT2D eigenvalue weighted by Gasteiger charge is 2.18.